The Kier molecular flexibility index (Phi) is 1.22. The number of rotatable bonds is 0. The van der Waals surface area contributed by atoms with E-state index in [1.165, 1.54) is 6.08 Å². The van der Waals surface area contributed by atoms with Gasteiger partial charge in [0.15, 0.2) is 5.76 Å². The van der Waals surface area contributed by atoms with Crippen molar-refractivity contribution in [1.82, 2.24) is 0 Å². The van der Waals surface area contributed by atoms with E-state index in [9.17, 15) is 4.79 Å². The number of oxime groups is 1. The van der Waals surface area contributed by atoms with E-state index < -0.39 is 5.78 Å². The second-order valence-corrected chi connectivity index (χ2v) is 1.67. The van der Waals surface area contributed by atoms with Crippen molar-refractivity contribution in [2.75, 3.05) is 0 Å². The molecule has 1 aliphatic rings. The molecule has 0 spiro atoms. The number of aliphatic hydroxyl groups is 1. The van der Waals surface area contributed by atoms with Crippen LogP contribution in [0.25, 0.3) is 0 Å². The molecule has 0 aromatic rings. The minimum atomic E-state index is -0.586. The van der Waals surface area contributed by atoms with E-state index in [1.807, 2.05) is 0 Å². The first-order valence-corrected chi connectivity index (χ1v) is 2.40. The van der Waals surface area contributed by atoms with Crippen LogP contribution in [0, 0.1) is 0 Å². The smallest absolute Gasteiger partial charge is 0.244 e. The zero-order valence-corrected chi connectivity index (χ0v) is 4.53. The Morgan fingerprint density at radius 3 is 2.56 bits per heavy atom. The predicted molar refractivity (Wildman–Crippen MR) is 29.6 cm³/mol. The van der Waals surface area contributed by atoms with Crippen molar-refractivity contribution in [2.24, 2.45) is 5.16 Å². The molecule has 0 aromatic carbocycles. The number of hydrogen-bond acceptors (Lipinski definition) is 4. The third kappa shape index (κ3) is 0.782. The van der Waals surface area contributed by atoms with Crippen LogP contribution in [-0.2, 0) is 4.79 Å². The molecule has 4 nitrogen and oxygen atoms in total. The molecule has 0 saturated carbocycles. The maximum Gasteiger partial charge on any atom is 0.244 e. The molecule has 0 aromatic heterocycles. The Balaban J connectivity index is 2.86. The lowest BCUT2D eigenvalue weighted by molar-refractivity contribution is -0.111. The summed E-state index contributed by atoms with van der Waals surface area (Å²) in [6.07, 6.45) is 1.53. The third-order valence-electron chi connectivity index (χ3n) is 1.10. The minimum Gasteiger partial charge on any atom is -0.504 e. The van der Waals surface area contributed by atoms with Crippen LogP contribution < -0.4 is 0 Å². The monoisotopic (exact) mass is 127 g/mol. The molecule has 0 unspecified atom stereocenters. The summed E-state index contributed by atoms with van der Waals surface area (Å²) in [5.74, 6) is -0.916. The van der Waals surface area contributed by atoms with Gasteiger partial charge in [0.05, 0.1) is 0 Å². The van der Waals surface area contributed by atoms with Gasteiger partial charge in [-0.2, -0.15) is 0 Å². The van der Waals surface area contributed by atoms with Crippen LogP contribution in [0.1, 0.15) is 6.42 Å². The molecule has 0 radical (unpaired) electrons. The number of Topliss-reactive ketones (excluding diaryl/α,β-unsaturated/α-hetero) is 1. The first-order chi connectivity index (χ1) is 4.25. The summed E-state index contributed by atoms with van der Waals surface area (Å²) in [4.78, 5) is 10.5. The van der Waals surface area contributed by atoms with Gasteiger partial charge in [-0.25, -0.2) is 0 Å². The summed E-state index contributed by atoms with van der Waals surface area (Å²) in [6, 6.07) is 0. The van der Waals surface area contributed by atoms with Gasteiger partial charge in [-0.1, -0.05) is 5.16 Å². The Morgan fingerprint density at radius 2 is 2.33 bits per heavy atom. The van der Waals surface area contributed by atoms with Crippen molar-refractivity contribution in [3.05, 3.63) is 11.8 Å². The van der Waals surface area contributed by atoms with E-state index in [1.54, 1.807) is 0 Å². The van der Waals surface area contributed by atoms with Gasteiger partial charge in [0.1, 0.15) is 5.71 Å². The summed E-state index contributed by atoms with van der Waals surface area (Å²) < 4.78 is 0. The molecular formula is C5H5NO3. The molecule has 0 bridgehead atoms. The van der Waals surface area contributed by atoms with Crippen molar-refractivity contribution in [2.45, 2.75) is 6.42 Å². The second-order valence-electron chi connectivity index (χ2n) is 1.67. The van der Waals surface area contributed by atoms with Crippen LogP contribution in [0.4, 0.5) is 0 Å². The van der Waals surface area contributed by atoms with Gasteiger partial charge in [-0.05, 0) is 6.08 Å². The number of carbonyl (C=O) groups is 1. The van der Waals surface area contributed by atoms with Crippen LogP contribution >= 0.6 is 0 Å². The second kappa shape index (κ2) is 1.89. The van der Waals surface area contributed by atoms with Crippen molar-refractivity contribution in [1.29, 1.82) is 0 Å². The molecule has 0 atom stereocenters. The van der Waals surface area contributed by atoms with Crippen LogP contribution in [0.15, 0.2) is 17.0 Å². The Bertz CT molecular complexity index is 204. The van der Waals surface area contributed by atoms with Gasteiger partial charge < -0.3 is 10.3 Å². The number of ketones is 1. The summed E-state index contributed by atoms with van der Waals surface area (Å²) in [6.45, 7) is 0. The largest absolute Gasteiger partial charge is 0.504 e. The average molecular weight is 127 g/mol. The van der Waals surface area contributed by atoms with Gasteiger partial charge in [0.25, 0.3) is 0 Å². The lowest BCUT2D eigenvalue weighted by Crippen LogP contribution is -2.08. The zero-order chi connectivity index (χ0) is 6.85. The summed E-state index contributed by atoms with van der Waals surface area (Å²) in [5, 5.41) is 19.4. The predicted octanol–water partition coefficient (Wildman–Crippen LogP) is 0.231. The van der Waals surface area contributed by atoms with E-state index >= 15 is 0 Å². The van der Waals surface area contributed by atoms with E-state index in [2.05, 4.69) is 5.16 Å². The van der Waals surface area contributed by atoms with Gasteiger partial charge in [-0.3, -0.25) is 4.79 Å². The summed E-state index contributed by atoms with van der Waals surface area (Å²) >= 11 is 0. The van der Waals surface area contributed by atoms with Crippen LogP contribution in [0.2, 0.25) is 0 Å². The number of nitrogens with zero attached hydrogens (tertiary/aromatic N) is 1. The van der Waals surface area contributed by atoms with Crippen LogP contribution in [0.3, 0.4) is 0 Å². The first kappa shape index (κ1) is 5.81. The molecule has 48 valence electrons. The molecule has 0 amide bonds. The Labute approximate surface area is 51.1 Å². The lowest BCUT2D eigenvalue weighted by Gasteiger charge is -1.86. The van der Waals surface area contributed by atoms with Crippen molar-refractivity contribution >= 4 is 11.5 Å². The van der Waals surface area contributed by atoms with Gasteiger partial charge >= 0.3 is 0 Å². The molecule has 0 heterocycles. The highest BCUT2D eigenvalue weighted by Crippen LogP contribution is 2.07. The number of allylic oxidation sites excluding steroid dienone is 2. The average Bonchev–Trinajstić information content (AvgIpc) is 2.15. The van der Waals surface area contributed by atoms with Gasteiger partial charge in [-0.15, -0.1) is 0 Å². The quantitative estimate of drug-likeness (QED) is 0.361. The fourth-order valence-corrected chi connectivity index (χ4v) is 0.613. The van der Waals surface area contributed by atoms with Crippen molar-refractivity contribution in [3.63, 3.8) is 0 Å². The highest BCUT2D eigenvalue weighted by molar-refractivity contribution is 6.47. The lowest BCUT2D eigenvalue weighted by atomic mass is 10.3. The van der Waals surface area contributed by atoms with Crippen LogP contribution in [0.5, 0.6) is 0 Å². The Hall–Kier alpha value is -1.32. The van der Waals surface area contributed by atoms with Crippen LogP contribution in [-0.4, -0.2) is 21.8 Å². The maximum atomic E-state index is 10.5. The zero-order valence-electron chi connectivity index (χ0n) is 4.53. The number of hydrogen-bond donors (Lipinski definition) is 2. The molecule has 9 heavy (non-hydrogen) atoms. The van der Waals surface area contributed by atoms with Crippen molar-refractivity contribution in [3.8, 4) is 0 Å². The molecular weight excluding hydrogens is 122 g/mol. The molecule has 2 N–H and O–H groups in total. The molecule has 0 aliphatic heterocycles. The molecule has 1 aliphatic carbocycles. The first-order valence-electron chi connectivity index (χ1n) is 2.40. The molecule has 0 saturated heterocycles. The maximum absolute atomic E-state index is 10.5. The fourth-order valence-electron chi connectivity index (χ4n) is 0.613. The third-order valence-corrected chi connectivity index (χ3v) is 1.10. The summed E-state index contributed by atoms with van der Waals surface area (Å²) in [5.41, 5.74) is -0.00694. The highest BCUT2D eigenvalue weighted by Gasteiger charge is 2.21. The van der Waals surface area contributed by atoms with E-state index in [0.717, 1.165) is 0 Å². The summed E-state index contributed by atoms with van der Waals surface area (Å²) in [7, 11) is 0. The SMILES string of the molecule is O=C1C(O)=CCC1=NO. The minimum absolute atomic E-state index is 0.00694. The standard InChI is InChI=1S/C5H5NO3/c7-4-2-1-3(6-9)5(4)8/h2,7,9H,1H2. The fraction of sp³-hybridized carbons (Fsp3) is 0.200. The highest BCUT2D eigenvalue weighted by atomic mass is 16.4. The molecule has 4 heteroatoms. The van der Waals surface area contributed by atoms with E-state index in [4.69, 9.17) is 10.3 Å². The van der Waals surface area contributed by atoms with E-state index in [0.29, 0.717) is 0 Å². The Morgan fingerprint density at radius 1 is 1.67 bits per heavy atom. The van der Waals surface area contributed by atoms with Gasteiger partial charge in [0.2, 0.25) is 5.78 Å². The number of aliphatic hydroxyl groups excluding tert-OH is 1. The topological polar surface area (TPSA) is 69.9 Å². The van der Waals surface area contributed by atoms with E-state index in [-0.39, 0.29) is 17.9 Å². The molecule has 1 rings (SSSR count). The van der Waals surface area contributed by atoms with Crippen molar-refractivity contribution < 1.29 is 15.1 Å². The number of carbonyl (C=O) groups excluding carboxylic acids is 1. The normalized spacial score (nSPS) is 22.9. The van der Waals surface area contributed by atoms with Gasteiger partial charge in [0, 0.05) is 6.42 Å². The molecule has 0 fully saturated rings.